The number of carbonyl (C=O) groups excluding carboxylic acids is 1. The van der Waals surface area contributed by atoms with Gasteiger partial charge in [0.2, 0.25) is 0 Å². The van der Waals surface area contributed by atoms with Gasteiger partial charge in [-0.1, -0.05) is 17.7 Å². The number of aliphatic hydroxyl groups excluding tert-OH is 1. The maximum absolute atomic E-state index is 12.1. The number of carbonyl (C=O) groups is 2. The molecule has 0 heterocycles. The second kappa shape index (κ2) is 6.11. The highest BCUT2D eigenvalue weighted by Gasteiger charge is 2.27. The van der Waals surface area contributed by atoms with Crippen molar-refractivity contribution in [3.63, 3.8) is 0 Å². The van der Waals surface area contributed by atoms with Gasteiger partial charge in [0.05, 0.1) is 22.9 Å². The van der Waals surface area contributed by atoms with Crippen molar-refractivity contribution in [1.29, 1.82) is 0 Å². The van der Waals surface area contributed by atoms with E-state index in [-0.39, 0.29) is 22.9 Å². The molecule has 0 radical (unpaired) electrons. The maximum atomic E-state index is 12.1. The molecule has 6 nitrogen and oxygen atoms in total. The van der Waals surface area contributed by atoms with Gasteiger partial charge in [-0.2, -0.15) is 0 Å². The predicted molar refractivity (Wildman–Crippen MR) is 76.4 cm³/mol. The van der Waals surface area contributed by atoms with E-state index in [1.54, 1.807) is 19.9 Å². The molecule has 1 aromatic carbocycles. The highest BCUT2D eigenvalue weighted by molar-refractivity contribution is 6.34. The van der Waals surface area contributed by atoms with Crippen LogP contribution in [-0.4, -0.2) is 46.3 Å². The highest BCUT2D eigenvalue weighted by Crippen LogP contribution is 2.25. The SMILES string of the molecule is CN(C(=O)Nc1cccc(Cl)c1C(=O)O)C(C)(C)CO. The molecule has 3 N–H and O–H groups in total. The lowest BCUT2D eigenvalue weighted by Gasteiger charge is -2.33. The van der Waals surface area contributed by atoms with Crippen LogP contribution in [0.1, 0.15) is 24.2 Å². The Morgan fingerprint density at radius 3 is 2.50 bits per heavy atom. The van der Waals surface area contributed by atoms with Crippen molar-refractivity contribution in [3.8, 4) is 0 Å². The number of likely N-dealkylation sites (N-methyl/N-ethyl adjacent to an activating group) is 1. The van der Waals surface area contributed by atoms with Crippen LogP contribution in [0.4, 0.5) is 10.5 Å². The van der Waals surface area contributed by atoms with Gasteiger partial charge < -0.3 is 20.4 Å². The summed E-state index contributed by atoms with van der Waals surface area (Å²) in [6.07, 6.45) is 0. The van der Waals surface area contributed by atoms with Crippen LogP contribution < -0.4 is 5.32 Å². The number of benzene rings is 1. The van der Waals surface area contributed by atoms with Crippen molar-refractivity contribution in [3.05, 3.63) is 28.8 Å². The summed E-state index contributed by atoms with van der Waals surface area (Å²) < 4.78 is 0. The average Bonchev–Trinajstić information content (AvgIpc) is 2.37. The molecular formula is C13H17ClN2O4. The Morgan fingerprint density at radius 1 is 1.40 bits per heavy atom. The first-order chi connectivity index (χ1) is 9.20. The quantitative estimate of drug-likeness (QED) is 0.795. The van der Waals surface area contributed by atoms with Gasteiger partial charge >= 0.3 is 12.0 Å². The Morgan fingerprint density at radius 2 is 2.00 bits per heavy atom. The molecule has 1 rings (SSSR count). The number of amides is 2. The number of carboxylic acids is 1. The number of nitrogens with zero attached hydrogens (tertiary/aromatic N) is 1. The van der Waals surface area contributed by atoms with Crippen LogP contribution in [0.5, 0.6) is 0 Å². The lowest BCUT2D eigenvalue weighted by atomic mass is 10.1. The summed E-state index contributed by atoms with van der Waals surface area (Å²) in [4.78, 5) is 24.5. The summed E-state index contributed by atoms with van der Waals surface area (Å²) in [5.74, 6) is -1.23. The van der Waals surface area contributed by atoms with Gasteiger partial charge in [-0.25, -0.2) is 9.59 Å². The smallest absolute Gasteiger partial charge is 0.339 e. The molecule has 1 aromatic rings. The van der Waals surface area contributed by atoms with Crippen LogP contribution in [0.3, 0.4) is 0 Å². The molecule has 0 aliphatic heterocycles. The summed E-state index contributed by atoms with van der Waals surface area (Å²) in [5, 5.41) is 20.9. The van der Waals surface area contributed by atoms with Crippen molar-refractivity contribution in [2.45, 2.75) is 19.4 Å². The van der Waals surface area contributed by atoms with Crippen LogP contribution in [0.25, 0.3) is 0 Å². The Labute approximate surface area is 122 Å². The standard InChI is InChI=1S/C13H17ClN2O4/c1-13(2,7-17)16(3)12(20)15-9-6-4-5-8(14)10(9)11(18)19/h4-6,17H,7H2,1-3H3,(H,15,20)(H,18,19). The first-order valence-electron chi connectivity index (χ1n) is 5.88. The Hall–Kier alpha value is -1.79. The fourth-order valence-electron chi connectivity index (χ4n) is 1.43. The van der Waals surface area contributed by atoms with Crippen LogP contribution in [-0.2, 0) is 0 Å². The number of nitrogens with one attached hydrogen (secondary N) is 1. The summed E-state index contributed by atoms with van der Waals surface area (Å²) in [5.41, 5.74) is -0.834. The predicted octanol–water partition coefficient (Wildman–Crippen LogP) is 2.27. The Bertz CT molecular complexity index is 531. The van der Waals surface area contributed by atoms with E-state index < -0.39 is 17.5 Å². The van der Waals surface area contributed by atoms with E-state index in [1.165, 1.54) is 24.1 Å². The van der Waals surface area contributed by atoms with Crippen LogP contribution in [0, 0.1) is 0 Å². The lowest BCUT2D eigenvalue weighted by molar-refractivity contribution is 0.0698. The number of urea groups is 1. The number of rotatable bonds is 4. The largest absolute Gasteiger partial charge is 0.478 e. The van der Waals surface area contributed by atoms with E-state index in [1.807, 2.05) is 0 Å². The first-order valence-corrected chi connectivity index (χ1v) is 6.26. The van der Waals surface area contributed by atoms with Gasteiger partial charge in [0.1, 0.15) is 5.56 Å². The molecule has 7 heteroatoms. The van der Waals surface area contributed by atoms with Gasteiger partial charge in [-0.3, -0.25) is 0 Å². The van der Waals surface area contributed by atoms with Crippen molar-refractivity contribution < 1.29 is 19.8 Å². The van der Waals surface area contributed by atoms with Crippen LogP contribution >= 0.6 is 11.6 Å². The molecule has 0 atom stereocenters. The van der Waals surface area contributed by atoms with E-state index in [2.05, 4.69) is 5.32 Å². The molecule has 110 valence electrons. The molecular weight excluding hydrogens is 284 g/mol. The number of aliphatic hydroxyl groups is 1. The normalized spacial score (nSPS) is 11.1. The van der Waals surface area contributed by atoms with Crippen molar-refractivity contribution in [2.24, 2.45) is 0 Å². The van der Waals surface area contributed by atoms with E-state index in [0.29, 0.717) is 0 Å². The monoisotopic (exact) mass is 300 g/mol. The average molecular weight is 301 g/mol. The Kier molecular flexibility index (Phi) is 4.97. The molecule has 2 amide bonds. The highest BCUT2D eigenvalue weighted by atomic mass is 35.5. The van der Waals surface area contributed by atoms with Gasteiger partial charge in [-0.15, -0.1) is 0 Å². The topological polar surface area (TPSA) is 89.9 Å². The third kappa shape index (κ3) is 3.40. The second-order valence-electron chi connectivity index (χ2n) is 4.93. The van der Waals surface area contributed by atoms with Crippen LogP contribution in [0.15, 0.2) is 18.2 Å². The van der Waals surface area contributed by atoms with E-state index in [0.717, 1.165) is 0 Å². The summed E-state index contributed by atoms with van der Waals surface area (Å²) >= 11 is 5.82. The van der Waals surface area contributed by atoms with E-state index >= 15 is 0 Å². The zero-order valence-electron chi connectivity index (χ0n) is 11.5. The third-order valence-electron chi connectivity index (χ3n) is 3.07. The van der Waals surface area contributed by atoms with Gasteiger partial charge in [0, 0.05) is 7.05 Å². The molecule has 0 bridgehead atoms. The number of halogens is 1. The molecule has 0 aliphatic carbocycles. The molecule has 0 unspecified atom stereocenters. The van der Waals surface area contributed by atoms with Gasteiger partial charge in [0.15, 0.2) is 0 Å². The zero-order chi connectivity index (χ0) is 15.5. The molecule has 0 saturated heterocycles. The molecule has 0 fully saturated rings. The van der Waals surface area contributed by atoms with Crippen molar-refractivity contribution in [2.75, 3.05) is 19.0 Å². The van der Waals surface area contributed by atoms with Crippen molar-refractivity contribution in [1.82, 2.24) is 4.90 Å². The minimum Gasteiger partial charge on any atom is -0.478 e. The van der Waals surface area contributed by atoms with Crippen molar-refractivity contribution >= 4 is 29.3 Å². The number of aromatic carboxylic acids is 1. The maximum Gasteiger partial charge on any atom is 0.339 e. The van der Waals surface area contributed by atoms with Gasteiger partial charge in [-0.05, 0) is 26.0 Å². The zero-order valence-corrected chi connectivity index (χ0v) is 12.2. The number of hydrogen-bond acceptors (Lipinski definition) is 3. The Balaban J connectivity index is 3.03. The van der Waals surface area contributed by atoms with E-state index in [4.69, 9.17) is 16.7 Å². The molecule has 0 aromatic heterocycles. The molecule has 0 spiro atoms. The van der Waals surface area contributed by atoms with Crippen LogP contribution in [0.2, 0.25) is 5.02 Å². The lowest BCUT2D eigenvalue weighted by Crippen LogP contribution is -2.49. The first kappa shape index (κ1) is 16.3. The minimum absolute atomic E-state index is 0.0411. The second-order valence-corrected chi connectivity index (χ2v) is 5.33. The van der Waals surface area contributed by atoms with E-state index in [9.17, 15) is 14.7 Å². The summed E-state index contributed by atoms with van der Waals surface area (Å²) in [7, 11) is 1.51. The number of hydrogen-bond donors (Lipinski definition) is 3. The fraction of sp³-hybridized carbons (Fsp3) is 0.385. The molecule has 20 heavy (non-hydrogen) atoms. The third-order valence-corrected chi connectivity index (χ3v) is 3.38. The van der Waals surface area contributed by atoms with Gasteiger partial charge in [0.25, 0.3) is 0 Å². The number of carboxylic acid groups (broad SMARTS) is 1. The summed E-state index contributed by atoms with van der Waals surface area (Å²) in [6, 6.07) is 3.89. The number of anilines is 1. The minimum atomic E-state index is -1.23. The molecule has 0 saturated carbocycles. The fourth-order valence-corrected chi connectivity index (χ4v) is 1.68. The summed E-state index contributed by atoms with van der Waals surface area (Å²) in [6.45, 7) is 3.14. The molecule has 0 aliphatic rings.